The van der Waals surface area contributed by atoms with Crippen molar-refractivity contribution in [2.24, 2.45) is 0 Å². The van der Waals surface area contributed by atoms with Gasteiger partial charge in [0.05, 0.1) is 13.7 Å². The van der Waals surface area contributed by atoms with Gasteiger partial charge in [0.1, 0.15) is 17.4 Å². The fourth-order valence-electron chi connectivity index (χ4n) is 2.65. The van der Waals surface area contributed by atoms with Gasteiger partial charge in [-0.25, -0.2) is 0 Å². The van der Waals surface area contributed by atoms with E-state index in [0.29, 0.717) is 24.5 Å². The van der Waals surface area contributed by atoms with Gasteiger partial charge in [-0.05, 0) is 55.3 Å². The predicted octanol–water partition coefficient (Wildman–Crippen LogP) is 2.57. The molecule has 0 aliphatic rings. The SMILES string of the molecule is CCOc1ccc(NC(=O)[C@@H](Cc2ccc(OC)cc2)c2nn[nH]n2)cc1. The molecule has 0 spiro atoms. The molecule has 0 aliphatic heterocycles. The first-order valence-electron chi connectivity index (χ1n) is 8.59. The van der Waals surface area contributed by atoms with Crippen LogP contribution in [0.2, 0.25) is 0 Å². The van der Waals surface area contributed by atoms with Crippen molar-refractivity contribution in [1.82, 2.24) is 20.6 Å². The van der Waals surface area contributed by atoms with Gasteiger partial charge in [-0.3, -0.25) is 4.79 Å². The number of hydrogen-bond acceptors (Lipinski definition) is 6. The van der Waals surface area contributed by atoms with Gasteiger partial charge in [-0.15, -0.1) is 10.2 Å². The number of tetrazole rings is 1. The van der Waals surface area contributed by atoms with Crippen molar-refractivity contribution in [3.05, 3.63) is 59.9 Å². The van der Waals surface area contributed by atoms with E-state index in [-0.39, 0.29) is 5.91 Å². The number of amides is 1. The van der Waals surface area contributed by atoms with Gasteiger partial charge in [0.2, 0.25) is 5.91 Å². The molecular weight excluding hydrogens is 346 g/mol. The number of aromatic amines is 1. The normalized spacial score (nSPS) is 11.6. The second kappa shape index (κ2) is 8.79. The molecule has 2 aromatic carbocycles. The Morgan fingerprint density at radius 1 is 1.11 bits per heavy atom. The molecule has 2 N–H and O–H groups in total. The summed E-state index contributed by atoms with van der Waals surface area (Å²) in [6, 6.07) is 14.7. The van der Waals surface area contributed by atoms with Crippen LogP contribution in [-0.2, 0) is 11.2 Å². The van der Waals surface area contributed by atoms with Crippen LogP contribution in [0.4, 0.5) is 5.69 Å². The van der Waals surface area contributed by atoms with Gasteiger partial charge in [0, 0.05) is 5.69 Å². The van der Waals surface area contributed by atoms with Crippen molar-refractivity contribution < 1.29 is 14.3 Å². The number of rotatable bonds is 8. The summed E-state index contributed by atoms with van der Waals surface area (Å²) in [5, 5.41) is 16.9. The van der Waals surface area contributed by atoms with Crippen molar-refractivity contribution >= 4 is 11.6 Å². The number of nitrogens with one attached hydrogen (secondary N) is 2. The summed E-state index contributed by atoms with van der Waals surface area (Å²) in [6.07, 6.45) is 0.437. The lowest BCUT2D eigenvalue weighted by molar-refractivity contribution is -0.117. The van der Waals surface area contributed by atoms with Crippen LogP contribution in [-0.4, -0.2) is 40.2 Å². The molecule has 1 atom stereocenters. The minimum Gasteiger partial charge on any atom is -0.497 e. The number of nitrogens with zero attached hydrogens (tertiary/aromatic N) is 3. The summed E-state index contributed by atoms with van der Waals surface area (Å²) in [6.45, 7) is 2.51. The van der Waals surface area contributed by atoms with Crippen LogP contribution >= 0.6 is 0 Å². The summed E-state index contributed by atoms with van der Waals surface area (Å²) in [5.74, 6) is 1.06. The van der Waals surface area contributed by atoms with Crippen molar-refractivity contribution in [2.45, 2.75) is 19.3 Å². The summed E-state index contributed by atoms with van der Waals surface area (Å²) >= 11 is 0. The average Bonchev–Trinajstić information content (AvgIpc) is 3.22. The first kappa shape index (κ1) is 18.4. The molecule has 27 heavy (non-hydrogen) atoms. The number of carbonyl (C=O) groups excluding carboxylic acids is 1. The van der Waals surface area contributed by atoms with E-state index in [0.717, 1.165) is 17.1 Å². The molecule has 8 heteroatoms. The number of aromatic nitrogens is 4. The highest BCUT2D eigenvalue weighted by Crippen LogP contribution is 2.22. The summed E-state index contributed by atoms with van der Waals surface area (Å²) in [5.41, 5.74) is 1.64. The van der Waals surface area contributed by atoms with Crippen LogP contribution < -0.4 is 14.8 Å². The molecule has 3 aromatic rings. The molecule has 8 nitrogen and oxygen atoms in total. The first-order valence-corrected chi connectivity index (χ1v) is 8.59. The van der Waals surface area contributed by atoms with Crippen LogP contribution in [0.3, 0.4) is 0 Å². The van der Waals surface area contributed by atoms with Crippen molar-refractivity contribution in [3.63, 3.8) is 0 Å². The third-order valence-electron chi connectivity index (χ3n) is 4.02. The van der Waals surface area contributed by atoms with E-state index in [9.17, 15) is 4.79 Å². The van der Waals surface area contributed by atoms with E-state index in [2.05, 4.69) is 25.9 Å². The quantitative estimate of drug-likeness (QED) is 0.634. The number of carbonyl (C=O) groups is 1. The molecule has 140 valence electrons. The Balaban J connectivity index is 1.74. The third kappa shape index (κ3) is 4.81. The van der Waals surface area contributed by atoms with E-state index in [4.69, 9.17) is 9.47 Å². The van der Waals surface area contributed by atoms with Crippen LogP contribution in [0, 0.1) is 0 Å². The number of hydrogen-bond donors (Lipinski definition) is 2. The number of methoxy groups -OCH3 is 1. The predicted molar refractivity (Wildman–Crippen MR) is 99.9 cm³/mol. The zero-order chi connectivity index (χ0) is 19.1. The lowest BCUT2D eigenvalue weighted by Gasteiger charge is -2.14. The second-order valence-corrected chi connectivity index (χ2v) is 5.82. The van der Waals surface area contributed by atoms with E-state index in [1.165, 1.54) is 0 Å². The smallest absolute Gasteiger partial charge is 0.235 e. The highest BCUT2D eigenvalue weighted by molar-refractivity contribution is 5.95. The molecule has 3 rings (SSSR count). The summed E-state index contributed by atoms with van der Waals surface area (Å²) < 4.78 is 10.6. The molecule has 0 saturated carbocycles. The number of anilines is 1. The van der Waals surface area contributed by atoms with E-state index < -0.39 is 5.92 Å². The minimum atomic E-state index is -0.580. The van der Waals surface area contributed by atoms with Gasteiger partial charge in [-0.2, -0.15) is 5.21 Å². The van der Waals surface area contributed by atoms with E-state index in [1.807, 2.05) is 43.3 Å². The lowest BCUT2D eigenvalue weighted by atomic mass is 9.97. The maximum Gasteiger partial charge on any atom is 0.235 e. The van der Waals surface area contributed by atoms with Crippen LogP contribution in [0.1, 0.15) is 24.2 Å². The number of ether oxygens (including phenoxy) is 2. The zero-order valence-electron chi connectivity index (χ0n) is 15.2. The molecule has 0 saturated heterocycles. The summed E-state index contributed by atoms with van der Waals surface area (Å²) in [4.78, 5) is 12.9. The maximum absolute atomic E-state index is 12.9. The van der Waals surface area contributed by atoms with Gasteiger partial charge in [-0.1, -0.05) is 17.3 Å². The largest absolute Gasteiger partial charge is 0.497 e. The van der Waals surface area contributed by atoms with Gasteiger partial charge < -0.3 is 14.8 Å². The van der Waals surface area contributed by atoms with Crippen molar-refractivity contribution in [3.8, 4) is 11.5 Å². The fraction of sp³-hybridized carbons (Fsp3) is 0.263. The molecule has 0 aliphatic carbocycles. The summed E-state index contributed by atoms with van der Waals surface area (Å²) in [7, 11) is 1.61. The first-order chi connectivity index (χ1) is 13.2. The Hall–Kier alpha value is -3.42. The number of H-pyrrole nitrogens is 1. The maximum atomic E-state index is 12.9. The van der Waals surface area contributed by atoms with Gasteiger partial charge >= 0.3 is 0 Å². The minimum absolute atomic E-state index is 0.212. The Morgan fingerprint density at radius 2 is 1.81 bits per heavy atom. The van der Waals surface area contributed by atoms with Crippen molar-refractivity contribution in [1.29, 1.82) is 0 Å². The molecular formula is C19H21N5O3. The second-order valence-electron chi connectivity index (χ2n) is 5.82. The lowest BCUT2D eigenvalue weighted by Crippen LogP contribution is -2.24. The Labute approximate surface area is 156 Å². The van der Waals surface area contributed by atoms with Crippen LogP contribution in [0.5, 0.6) is 11.5 Å². The zero-order valence-corrected chi connectivity index (χ0v) is 15.2. The molecule has 0 fully saturated rings. The van der Waals surface area contributed by atoms with Crippen LogP contribution in [0.25, 0.3) is 0 Å². The Bertz CT molecular complexity index is 848. The Morgan fingerprint density at radius 3 is 2.41 bits per heavy atom. The molecule has 0 radical (unpaired) electrons. The highest BCUT2D eigenvalue weighted by atomic mass is 16.5. The molecule has 1 aromatic heterocycles. The molecule has 0 unspecified atom stereocenters. The number of benzene rings is 2. The van der Waals surface area contributed by atoms with Crippen LogP contribution in [0.15, 0.2) is 48.5 Å². The van der Waals surface area contributed by atoms with E-state index >= 15 is 0 Å². The topological polar surface area (TPSA) is 102 Å². The molecule has 0 bridgehead atoms. The monoisotopic (exact) mass is 367 g/mol. The molecule has 1 amide bonds. The van der Waals surface area contributed by atoms with Gasteiger partial charge in [0.25, 0.3) is 0 Å². The molecule has 1 heterocycles. The Kier molecular flexibility index (Phi) is 5.98. The fourth-order valence-corrected chi connectivity index (χ4v) is 2.65. The highest BCUT2D eigenvalue weighted by Gasteiger charge is 2.25. The van der Waals surface area contributed by atoms with Crippen molar-refractivity contribution in [2.75, 3.05) is 19.0 Å². The third-order valence-corrected chi connectivity index (χ3v) is 4.02. The standard InChI is InChI=1S/C19H21N5O3/c1-3-27-16-10-6-14(7-11-16)20-19(25)17(18-21-23-24-22-18)12-13-4-8-15(26-2)9-5-13/h4-11,17H,3,12H2,1-2H3,(H,20,25)(H,21,22,23,24)/t17-/m0/s1. The van der Waals surface area contributed by atoms with Gasteiger partial charge in [0.15, 0.2) is 5.82 Å². The average molecular weight is 367 g/mol. The van der Waals surface area contributed by atoms with E-state index in [1.54, 1.807) is 19.2 Å².